The van der Waals surface area contributed by atoms with E-state index in [-0.39, 0.29) is 18.4 Å². The van der Waals surface area contributed by atoms with Gasteiger partial charge in [0.05, 0.1) is 6.42 Å². The molecule has 1 atom stereocenters. The van der Waals surface area contributed by atoms with Crippen molar-refractivity contribution in [2.45, 2.75) is 58.0 Å². The van der Waals surface area contributed by atoms with Gasteiger partial charge in [-0.15, -0.1) is 0 Å². The molecule has 0 saturated carbocycles. The molecule has 0 radical (unpaired) electrons. The maximum atomic E-state index is 12.0. The zero-order valence-electron chi connectivity index (χ0n) is 11.3. The molecule has 0 aromatic rings. The van der Waals surface area contributed by atoms with Gasteiger partial charge in [0.25, 0.3) is 0 Å². The van der Waals surface area contributed by atoms with Crippen molar-refractivity contribution >= 4 is 11.9 Å². The molecular weight excluding hydrogens is 232 g/mol. The summed E-state index contributed by atoms with van der Waals surface area (Å²) in [6.07, 6.45) is 3.15. The summed E-state index contributed by atoms with van der Waals surface area (Å²) in [5.41, 5.74) is 0. The number of carboxylic acid groups (broad SMARTS) is 1. The minimum Gasteiger partial charge on any atom is -0.481 e. The molecular formula is C13H24N2O3. The smallest absolute Gasteiger partial charge is 0.305 e. The Labute approximate surface area is 109 Å². The second-order valence-corrected chi connectivity index (χ2v) is 5.19. The predicted molar refractivity (Wildman–Crippen MR) is 69.4 cm³/mol. The molecule has 0 aromatic heterocycles. The molecule has 0 bridgehead atoms. The van der Waals surface area contributed by atoms with Gasteiger partial charge in [-0.2, -0.15) is 0 Å². The largest absolute Gasteiger partial charge is 0.481 e. The Balaban J connectivity index is 2.29. The Morgan fingerprint density at radius 2 is 2.17 bits per heavy atom. The number of aliphatic carboxylic acids is 1. The van der Waals surface area contributed by atoms with E-state index in [1.807, 2.05) is 0 Å². The van der Waals surface area contributed by atoms with E-state index < -0.39 is 5.97 Å². The van der Waals surface area contributed by atoms with Crippen LogP contribution in [0.5, 0.6) is 0 Å². The van der Waals surface area contributed by atoms with Gasteiger partial charge in [-0.25, -0.2) is 0 Å². The number of carboxylic acids is 1. The Kier molecular flexibility index (Phi) is 6.12. The van der Waals surface area contributed by atoms with Crippen LogP contribution >= 0.6 is 0 Å². The number of rotatable bonds is 7. The van der Waals surface area contributed by atoms with Gasteiger partial charge in [0.2, 0.25) is 5.91 Å². The second-order valence-electron chi connectivity index (χ2n) is 5.19. The molecule has 1 amide bonds. The number of nitrogens with one attached hydrogen (secondary N) is 1. The van der Waals surface area contributed by atoms with Gasteiger partial charge in [0.15, 0.2) is 0 Å². The number of hydrogen-bond acceptors (Lipinski definition) is 3. The van der Waals surface area contributed by atoms with E-state index >= 15 is 0 Å². The van der Waals surface area contributed by atoms with Crippen LogP contribution in [-0.2, 0) is 9.59 Å². The minimum atomic E-state index is -0.818. The SMILES string of the molecule is CC(C)NCCCC(=O)N1CCCC1CC(=O)O. The lowest BCUT2D eigenvalue weighted by Gasteiger charge is -2.23. The third-order valence-corrected chi connectivity index (χ3v) is 3.23. The zero-order valence-corrected chi connectivity index (χ0v) is 11.3. The van der Waals surface area contributed by atoms with E-state index in [2.05, 4.69) is 19.2 Å². The van der Waals surface area contributed by atoms with Crippen LogP contribution in [-0.4, -0.2) is 47.1 Å². The van der Waals surface area contributed by atoms with Crippen LogP contribution in [0.25, 0.3) is 0 Å². The maximum Gasteiger partial charge on any atom is 0.305 e. The molecule has 0 aromatic carbocycles. The molecule has 1 heterocycles. The summed E-state index contributed by atoms with van der Waals surface area (Å²) in [6.45, 7) is 5.70. The summed E-state index contributed by atoms with van der Waals surface area (Å²) in [6, 6.07) is 0.347. The summed E-state index contributed by atoms with van der Waals surface area (Å²) in [5.74, 6) is -0.717. The Hall–Kier alpha value is -1.10. The average molecular weight is 256 g/mol. The third kappa shape index (κ3) is 5.04. The van der Waals surface area contributed by atoms with Crippen LogP contribution in [0.2, 0.25) is 0 Å². The maximum absolute atomic E-state index is 12.0. The standard InChI is InChI=1S/C13H24N2O3/c1-10(2)14-7-3-6-12(16)15-8-4-5-11(15)9-13(17)18/h10-11,14H,3-9H2,1-2H3,(H,17,18). The highest BCUT2D eigenvalue weighted by Gasteiger charge is 2.29. The fraction of sp³-hybridized carbons (Fsp3) is 0.846. The average Bonchev–Trinajstić information content (AvgIpc) is 2.71. The van der Waals surface area contributed by atoms with Crippen LogP contribution in [0, 0.1) is 0 Å². The van der Waals surface area contributed by atoms with Crippen molar-refractivity contribution in [2.75, 3.05) is 13.1 Å². The number of carbonyl (C=O) groups excluding carboxylic acids is 1. The first-order chi connectivity index (χ1) is 8.50. The molecule has 0 aliphatic carbocycles. The van der Waals surface area contributed by atoms with E-state index in [9.17, 15) is 9.59 Å². The van der Waals surface area contributed by atoms with Crippen LogP contribution in [0.4, 0.5) is 0 Å². The first-order valence-corrected chi connectivity index (χ1v) is 6.75. The highest BCUT2D eigenvalue weighted by Crippen LogP contribution is 2.21. The van der Waals surface area contributed by atoms with Crippen molar-refractivity contribution in [3.63, 3.8) is 0 Å². The summed E-state index contributed by atoms with van der Waals surface area (Å²) < 4.78 is 0. The van der Waals surface area contributed by atoms with E-state index in [1.165, 1.54) is 0 Å². The van der Waals surface area contributed by atoms with Gasteiger partial charge in [0.1, 0.15) is 0 Å². The monoisotopic (exact) mass is 256 g/mol. The number of carbonyl (C=O) groups is 2. The molecule has 1 aliphatic heterocycles. The molecule has 1 aliphatic rings. The van der Waals surface area contributed by atoms with Crippen molar-refractivity contribution in [2.24, 2.45) is 0 Å². The molecule has 1 saturated heterocycles. The topological polar surface area (TPSA) is 69.6 Å². The van der Waals surface area contributed by atoms with Crippen molar-refractivity contribution in [3.8, 4) is 0 Å². The summed E-state index contributed by atoms with van der Waals surface area (Å²) >= 11 is 0. The summed E-state index contributed by atoms with van der Waals surface area (Å²) in [4.78, 5) is 24.5. The molecule has 5 heteroatoms. The van der Waals surface area contributed by atoms with Crippen LogP contribution in [0.3, 0.4) is 0 Å². The van der Waals surface area contributed by atoms with Crippen molar-refractivity contribution in [1.82, 2.24) is 10.2 Å². The fourth-order valence-electron chi connectivity index (χ4n) is 2.35. The quantitative estimate of drug-likeness (QED) is 0.672. The molecule has 104 valence electrons. The molecule has 1 fully saturated rings. The lowest BCUT2D eigenvalue weighted by molar-refractivity contribution is -0.139. The van der Waals surface area contributed by atoms with Gasteiger partial charge in [0, 0.05) is 25.0 Å². The highest BCUT2D eigenvalue weighted by atomic mass is 16.4. The van der Waals surface area contributed by atoms with Gasteiger partial charge < -0.3 is 15.3 Å². The second kappa shape index (κ2) is 7.36. The third-order valence-electron chi connectivity index (χ3n) is 3.23. The lowest BCUT2D eigenvalue weighted by atomic mass is 10.1. The number of amides is 1. The normalized spacial score (nSPS) is 19.5. The van der Waals surface area contributed by atoms with E-state index in [4.69, 9.17) is 5.11 Å². The Morgan fingerprint density at radius 1 is 1.44 bits per heavy atom. The number of hydrogen-bond donors (Lipinski definition) is 2. The van der Waals surface area contributed by atoms with Gasteiger partial charge in [-0.3, -0.25) is 9.59 Å². The molecule has 5 nitrogen and oxygen atoms in total. The minimum absolute atomic E-state index is 0.0793. The predicted octanol–water partition coefficient (Wildman–Crippen LogP) is 1.23. The first kappa shape index (κ1) is 15.0. The number of nitrogens with zero attached hydrogens (tertiary/aromatic N) is 1. The van der Waals surface area contributed by atoms with Crippen molar-refractivity contribution in [1.29, 1.82) is 0 Å². The Morgan fingerprint density at radius 3 is 2.78 bits per heavy atom. The molecule has 2 N–H and O–H groups in total. The molecule has 0 spiro atoms. The first-order valence-electron chi connectivity index (χ1n) is 6.75. The molecule has 18 heavy (non-hydrogen) atoms. The lowest BCUT2D eigenvalue weighted by Crippen LogP contribution is -2.37. The van der Waals surface area contributed by atoms with Gasteiger partial charge in [-0.1, -0.05) is 13.8 Å². The zero-order chi connectivity index (χ0) is 13.5. The van der Waals surface area contributed by atoms with E-state index in [0.717, 1.165) is 25.8 Å². The van der Waals surface area contributed by atoms with Crippen molar-refractivity contribution in [3.05, 3.63) is 0 Å². The summed E-state index contributed by atoms with van der Waals surface area (Å²) in [5, 5.41) is 12.1. The molecule has 1 unspecified atom stereocenters. The number of likely N-dealkylation sites (tertiary alicyclic amines) is 1. The van der Waals surface area contributed by atoms with E-state index in [0.29, 0.717) is 19.0 Å². The van der Waals surface area contributed by atoms with Crippen LogP contribution in [0.1, 0.15) is 46.0 Å². The highest BCUT2D eigenvalue weighted by molar-refractivity contribution is 5.78. The Bertz CT molecular complexity index is 292. The molecule has 1 rings (SSSR count). The van der Waals surface area contributed by atoms with Gasteiger partial charge in [-0.05, 0) is 25.8 Å². The van der Waals surface area contributed by atoms with E-state index in [1.54, 1.807) is 4.90 Å². The van der Waals surface area contributed by atoms with Crippen LogP contribution in [0.15, 0.2) is 0 Å². The van der Waals surface area contributed by atoms with Crippen molar-refractivity contribution < 1.29 is 14.7 Å². The fourth-order valence-corrected chi connectivity index (χ4v) is 2.35. The summed E-state index contributed by atoms with van der Waals surface area (Å²) in [7, 11) is 0. The van der Waals surface area contributed by atoms with Crippen LogP contribution < -0.4 is 5.32 Å². The van der Waals surface area contributed by atoms with Gasteiger partial charge >= 0.3 is 5.97 Å².